The molecule has 21 heavy (non-hydrogen) atoms. The number of hydrogen-bond donors (Lipinski definition) is 1. The number of carbonyl (C=O) groups excluding carboxylic acids is 1. The number of non-ortho nitro benzene ring substituents is 1. The second-order valence-corrected chi connectivity index (χ2v) is 5.54. The van der Waals surface area contributed by atoms with Gasteiger partial charge in [0, 0.05) is 30.3 Å². The summed E-state index contributed by atoms with van der Waals surface area (Å²) in [5.41, 5.74) is 0.444. The van der Waals surface area contributed by atoms with Crippen LogP contribution in [0, 0.1) is 10.1 Å². The number of amides is 1. The third-order valence-corrected chi connectivity index (χ3v) is 3.70. The summed E-state index contributed by atoms with van der Waals surface area (Å²) < 4.78 is 0. The van der Waals surface area contributed by atoms with E-state index in [1.165, 1.54) is 43.5 Å². The molecule has 0 spiro atoms. The van der Waals surface area contributed by atoms with Crippen LogP contribution in [0.15, 0.2) is 24.3 Å². The zero-order valence-corrected chi connectivity index (χ0v) is 12.2. The molecule has 0 radical (unpaired) electrons. The van der Waals surface area contributed by atoms with Gasteiger partial charge in [0.1, 0.15) is 0 Å². The van der Waals surface area contributed by atoms with Crippen molar-refractivity contribution in [3.05, 3.63) is 39.9 Å². The Hall–Kier alpha value is -1.95. The Labute approximate surface area is 124 Å². The summed E-state index contributed by atoms with van der Waals surface area (Å²) in [6.07, 6.45) is 3.74. The maximum Gasteiger partial charge on any atom is 0.269 e. The number of piperidine rings is 1. The fourth-order valence-electron chi connectivity index (χ4n) is 2.62. The second kappa shape index (κ2) is 7.17. The van der Waals surface area contributed by atoms with E-state index in [4.69, 9.17) is 0 Å². The Morgan fingerprint density at radius 2 is 1.90 bits per heavy atom. The molecule has 0 saturated carbocycles. The monoisotopic (exact) mass is 291 g/mol. The van der Waals surface area contributed by atoms with E-state index in [2.05, 4.69) is 10.2 Å². The number of likely N-dealkylation sites (tertiary alicyclic amines) is 1. The van der Waals surface area contributed by atoms with Crippen molar-refractivity contribution in [2.24, 2.45) is 0 Å². The first-order valence-corrected chi connectivity index (χ1v) is 7.34. The van der Waals surface area contributed by atoms with Crippen LogP contribution in [0.2, 0.25) is 0 Å². The predicted octanol–water partition coefficient (Wildman–Crippen LogP) is 2.20. The van der Waals surface area contributed by atoms with Crippen LogP contribution in [0.1, 0.15) is 36.5 Å². The fraction of sp³-hybridized carbons (Fsp3) is 0.533. The Bertz CT molecular complexity index is 495. The summed E-state index contributed by atoms with van der Waals surface area (Å²) in [6.45, 7) is 5.02. The van der Waals surface area contributed by atoms with Crippen molar-refractivity contribution in [3.63, 3.8) is 0 Å². The maximum absolute atomic E-state index is 12.1. The number of hydrogen-bond acceptors (Lipinski definition) is 4. The van der Waals surface area contributed by atoms with Gasteiger partial charge in [-0.3, -0.25) is 14.9 Å². The number of carbonyl (C=O) groups is 1. The molecule has 0 aromatic heterocycles. The standard InChI is InChI=1S/C15H21N3O3/c1-12(11-17-9-3-2-4-10-17)16-15(19)13-5-7-14(8-6-13)18(20)21/h5-8,12H,2-4,9-11H2,1H3,(H,16,19)/t12-/m1/s1. The number of benzene rings is 1. The van der Waals surface area contributed by atoms with Crippen LogP contribution < -0.4 is 5.32 Å². The van der Waals surface area contributed by atoms with Crippen molar-refractivity contribution in [2.75, 3.05) is 19.6 Å². The van der Waals surface area contributed by atoms with E-state index < -0.39 is 4.92 Å². The van der Waals surface area contributed by atoms with E-state index in [9.17, 15) is 14.9 Å². The van der Waals surface area contributed by atoms with Gasteiger partial charge in [0.05, 0.1) is 4.92 Å². The quantitative estimate of drug-likeness (QED) is 0.666. The molecular formula is C15H21N3O3. The SMILES string of the molecule is C[C@H](CN1CCCCC1)NC(=O)c1ccc([N+](=O)[O-])cc1. The minimum atomic E-state index is -0.472. The summed E-state index contributed by atoms with van der Waals surface area (Å²) in [5, 5.41) is 13.5. The normalized spacial score (nSPS) is 17.2. The largest absolute Gasteiger partial charge is 0.348 e. The van der Waals surface area contributed by atoms with Gasteiger partial charge in [0.2, 0.25) is 0 Å². The number of nitro benzene ring substituents is 1. The minimum absolute atomic E-state index is 0.00656. The molecule has 1 aromatic carbocycles. The highest BCUT2D eigenvalue weighted by Crippen LogP contribution is 2.12. The first-order chi connectivity index (χ1) is 10.1. The van der Waals surface area contributed by atoms with Crippen LogP contribution in [0.4, 0.5) is 5.69 Å². The third kappa shape index (κ3) is 4.53. The lowest BCUT2D eigenvalue weighted by atomic mass is 10.1. The zero-order valence-electron chi connectivity index (χ0n) is 12.2. The highest BCUT2D eigenvalue weighted by molar-refractivity contribution is 5.94. The van der Waals surface area contributed by atoms with Crippen molar-refractivity contribution in [1.29, 1.82) is 0 Å². The van der Waals surface area contributed by atoms with Crippen LogP contribution in [-0.4, -0.2) is 41.4 Å². The van der Waals surface area contributed by atoms with Gasteiger partial charge in [-0.05, 0) is 45.0 Å². The van der Waals surface area contributed by atoms with Crippen LogP contribution in [0.3, 0.4) is 0 Å². The maximum atomic E-state index is 12.1. The van der Waals surface area contributed by atoms with Crippen LogP contribution in [0.25, 0.3) is 0 Å². The Balaban J connectivity index is 1.86. The first kappa shape index (κ1) is 15.4. The minimum Gasteiger partial charge on any atom is -0.348 e. The molecular weight excluding hydrogens is 270 g/mol. The molecule has 1 fully saturated rings. The van der Waals surface area contributed by atoms with Crippen LogP contribution in [0.5, 0.6) is 0 Å². The average molecular weight is 291 g/mol. The molecule has 1 aliphatic heterocycles. The Morgan fingerprint density at radius 1 is 1.29 bits per heavy atom. The van der Waals surface area contributed by atoms with Gasteiger partial charge in [-0.1, -0.05) is 6.42 Å². The molecule has 0 bridgehead atoms. The van der Waals surface area contributed by atoms with Crippen LogP contribution in [-0.2, 0) is 0 Å². The van der Waals surface area contributed by atoms with Gasteiger partial charge in [0.25, 0.3) is 11.6 Å². The summed E-state index contributed by atoms with van der Waals surface area (Å²) in [7, 11) is 0. The van der Waals surface area contributed by atoms with Gasteiger partial charge in [0.15, 0.2) is 0 Å². The smallest absolute Gasteiger partial charge is 0.269 e. The number of nitrogens with zero attached hydrogens (tertiary/aromatic N) is 2. The summed E-state index contributed by atoms with van der Waals surface area (Å²) in [6, 6.07) is 5.74. The summed E-state index contributed by atoms with van der Waals surface area (Å²) >= 11 is 0. The Kier molecular flexibility index (Phi) is 5.27. The number of nitrogens with one attached hydrogen (secondary N) is 1. The van der Waals surface area contributed by atoms with E-state index in [1.807, 2.05) is 6.92 Å². The molecule has 6 nitrogen and oxygen atoms in total. The Morgan fingerprint density at radius 3 is 2.48 bits per heavy atom. The van der Waals surface area contributed by atoms with E-state index in [1.54, 1.807) is 0 Å². The first-order valence-electron chi connectivity index (χ1n) is 7.34. The third-order valence-electron chi connectivity index (χ3n) is 3.70. The van der Waals surface area contributed by atoms with Gasteiger partial charge in [-0.2, -0.15) is 0 Å². The lowest BCUT2D eigenvalue weighted by Gasteiger charge is -2.29. The molecule has 0 aliphatic carbocycles. The number of rotatable bonds is 5. The molecule has 6 heteroatoms. The van der Waals surface area contributed by atoms with Gasteiger partial charge < -0.3 is 10.2 Å². The average Bonchev–Trinajstić information content (AvgIpc) is 2.48. The molecule has 2 rings (SSSR count). The molecule has 1 atom stereocenters. The van der Waals surface area contributed by atoms with Crippen molar-refractivity contribution in [2.45, 2.75) is 32.2 Å². The van der Waals surface area contributed by atoms with Gasteiger partial charge >= 0.3 is 0 Å². The highest BCUT2D eigenvalue weighted by Gasteiger charge is 2.16. The second-order valence-electron chi connectivity index (χ2n) is 5.54. The number of nitro groups is 1. The lowest BCUT2D eigenvalue weighted by Crippen LogP contribution is -2.43. The van der Waals surface area contributed by atoms with Crippen molar-refractivity contribution >= 4 is 11.6 Å². The fourth-order valence-corrected chi connectivity index (χ4v) is 2.62. The van der Waals surface area contributed by atoms with E-state index >= 15 is 0 Å². The summed E-state index contributed by atoms with van der Waals surface area (Å²) in [4.78, 5) is 24.6. The topological polar surface area (TPSA) is 75.5 Å². The van der Waals surface area contributed by atoms with Gasteiger partial charge in [-0.15, -0.1) is 0 Å². The van der Waals surface area contributed by atoms with Crippen LogP contribution >= 0.6 is 0 Å². The van der Waals surface area contributed by atoms with Crippen molar-refractivity contribution in [1.82, 2.24) is 10.2 Å². The predicted molar refractivity (Wildman–Crippen MR) is 80.3 cm³/mol. The van der Waals surface area contributed by atoms with E-state index in [-0.39, 0.29) is 17.6 Å². The molecule has 114 valence electrons. The van der Waals surface area contributed by atoms with Crippen molar-refractivity contribution < 1.29 is 9.72 Å². The van der Waals surface area contributed by atoms with E-state index in [0.717, 1.165) is 19.6 Å². The van der Waals surface area contributed by atoms with E-state index in [0.29, 0.717) is 5.56 Å². The van der Waals surface area contributed by atoms with Gasteiger partial charge in [-0.25, -0.2) is 0 Å². The summed E-state index contributed by atoms with van der Waals surface area (Å²) in [5.74, 6) is -0.186. The molecule has 1 amide bonds. The molecule has 1 heterocycles. The van der Waals surface area contributed by atoms with Crippen molar-refractivity contribution in [3.8, 4) is 0 Å². The lowest BCUT2D eigenvalue weighted by molar-refractivity contribution is -0.384. The molecule has 1 aromatic rings. The highest BCUT2D eigenvalue weighted by atomic mass is 16.6. The molecule has 1 aliphatic rings. The zero-order chi connectivity index (χ0) is 15.2. The molecule has 1 N–H and O–H groups in total. The molecule has 0 unspecified atom stereocenters. The molecule has 1 saturated heterocycles.